The zero-order chi connectivity index (χ0) is 21.9. The van der Waals surface area contributed by atoms with Gasteiger partial charge in [0.05, 0.1) is 20.0 Å². The van der Waals surface area contributed by atoms with Gasteiger partial charge >= 0.3 is 0 Å². The molecule has 0 saturated carbocycles. The second-order valence-electron chi connectivity index (χ2n) is 6.57. The zero-order valence-electron chi connectivity index (χ0n) is 16.3. The van der Waals surface area contributed by atoms with Crippen LogP contribution in [0.1, 0.15) is 18.9 Å². The molecule has 3 rings (SSSR count). The summed E-state index contributed by atoms with van der Waals surface area (Å²) in [5.74, 6) is -0.513. The molecule has 1 aromatic heterocycles. The molecule has 8 nitrogen and oxygen atoms in total. The first-order chi connectivity index (χ1) is 14.2. The number of non-ortho nitro benzene ring substituents is 1. The van der Waals surface area contributed by atoms with E-state index in [1.165, 1.54) is 35.6 Å². The highest BCUT2D eigenvalue weighted by Gasteiger charge is 2.12. The molecule has 0 spiro atoms. The van der Waals surface area contributed by atoms with Gasteiger partial charge in [0.25, 0.3) is 11.6 Å². The van der Waals surface area contributed by atoms with E-state index in [0.29, 0.717) is 16.9 Å². The number of carbonyl (C=O) groups excluding carboxylic acids is 1. The average Bonchev–Trinajstić information content (AvgIpc) is 3.02. The first-order valence-electron chi connectivity index (χ1n) is 9.03. The van der Waals surface area contributed by atoms with Crippen LogP contribution in [-0.2, 0) is 21.2 Å². The van der Waals surface area contributed by atoms with E-state index >= 15 is 0 Å². The molecule has 10 heteroatoms. The molecule has 0 aliphatic carbocycles. The van der Waals surface area contributed by atoms with Crippen LogP contribution >= 0.6 is 11.3 Å². The number of nitro benzene ring substituents is 1. The molecular formula is C20H19N3O5S2. The summed E-state index contributed by atoms with van der Waals surface area (Å²) >= 11 is 1.24. The highest BCUT2D eigenvalue weighted by molar-refractivity contribution is 7.90. The van der Waals surface area contributed by atoms with Gasteiger partial charge in [-0.1, -0.05) is 30.4 Å². The Kier molecular flexibility index (Phi) is 6.28. The van der Waals surface area contributed by atoms with Crippen molar-refractivity contribution in [3.8, 4) is 0 Å². The average molecular weight is 446 g/mol. The van der Waals surface area contributed by atoms with Crippen LogP contribution in [0.4, 0.5) is 5.69 Å². The number of sulfone groups is 1. The molecule has 1 heterocycles. The van der Waals surface area contributed by atoms with Gasteiger partial charge in [-0.05, 0) is 36.3 Å². The molecule has 1 amide bonds. The molecule has 0 atom stereocenters. The lowest BCUT2D eigenvalue weighted by molar-refractivity contribution is -0.384. The van der Waals surface area contributed by atoms with Gasteiger partial charge in [0, 0.05) is 31.0 Å². The predicted octanol–water partition coefficient (Wildman–Crippen LogP) is 3.57. The molecule has 3 aromatic rings. The molecule has 0 N–H and O–H groups in total. The van der Waals surface area contributed by atoms with Crippen molar-refractivity contribution in [3.63, 3.8) is 0 Å². The second kappa shape index (κ2) is 8.72. The number of thiazole rings is 1. The van der Waals surface area contributed by atoms with Gasteiger partial charge in [-0.3, -0.25) is 14.9 Å². The Morgan fingerprint density at radius 3 is 2.70 bits per heavy atom. The van der Waals surface area contributed by atoms with Crippen molar-refractivity contribution in [2.75, 3.05) is 6.26 Å². The summed E-state index contributed by atoms with van der Waals surface area (Å²) in [5.41, 5.74) is 1.26. The van der Waals surface area contributed by atoms with Gasteiger partial charge in [0.2, 0.25) is 0 Å². The Balaban J connectivity index is 1.99. The number of carbonyl (C=O) groups is 1. The van der Waals surface area contributed by atoms with Crippen LogP contribution in [0.3, 0.4) is 0 Å². The second-order valence-corrected chi connectivity index (χ2v) is 9.60. The molecule has 0 aliphatic rings. The van der Waals surface area contributed by atoms with Gasteiger partial charge < -0.3 is 4.57 Å². The normalized spacial score (nSPS) is 12.7. The van der Waals surface area contributed by atoms with Crippen LogP contribution in [0.2, 0.25) is 0 Å². The van der Waals surface area contributed by atoms with Crippen molar-refractivity contribution in [1.29, 1.82) is 0 Å². The Bertz CT molecular complexity index is 1330. The number of nitro groups is 1. The summed E-state index contributed by atoms with van der Waals surface area (Å²) < 4.78 is 26.3. The first-order valence-corrected chi connectivity index (χ1v) is 11.7. The van der Waals surface area contributed by atoms with Gasteiger partial charge in [-0.2, -0.15) is 4.99 Å². The molecular weight excluding hydrogens is 426 g/mol. The minimum absolute atomic E-state index is 0.0616. The summed E-state index contributed by atoms with van der Waals surface area (Å²) in [6.45, 7) is 2.62. The van der Waals surface area contributed by atoms with E-state index in [0.717, 1.165) is 22.9 Å². The van der Waals surface area contributed by atoms with Crippen LogP contribution in [0.5, 0.6) is 0 Å². The number of aryl methyl sites for hydroxylation is 1. The van der Waals surface area contributed by atoms with Crippen LogP contribution < -0.4 is 4.80 Å². The van der Waals surface area contributed by atoms with Crippen LogP contribution in [0, 0.1) is 10.1 Å². The number of nitrogens with zero attached hydrogens (tertiary/aromatic N) is 3. The molecule has 2 aromatic carbocycles. The van der Waals surface area contributed by atoms with E-state index in [1.54, 1.807) is 30.3 Å². The number of aromatic nitrogens is 1. The zero-order valence-corrected chi connectivity index (χ0v) is 17.9. The number of rotatable bonds is 6. The van der Waals surface area contributed by atoms with E-state index < -0.39 is 20.7 Å². The summed E-state index contributed by atoms with van der Waals surface area (Å²) in [6.07, 6.45) is 4.68. The molecule has 156 valence electrons. The van der Waals surface area contributed by atoms with E-state index in [4.69, 9.17) is 0 Å². The molecule has 0 unspecified atom stereocenters. The van der Waals surface area contributed by atoms with Crippen molar-refractivity contribution >= 4 is 49.1 Å². The number of amides is 1. The summed E-state index contributed by atoms with van der Waals surface area (Å²) in [5, 5.41) is 10.9. The van der Waals surface area contributed by atoms with Gasteiger partial charge in [0.1, 0.15) is 0 Å². The van der Waals surface area contributed by atoms with Gasteiger partial charge in [0.15, 0.2) is 14.6 Å². The third-order valence-electron chi connectivity index (χ3n) is 4.23. The summed E-state index contributed by atoms with van der Waals surface area (Å²) in [4.78, 5) is 27.6. The van der Waals surface area contributed by atoms with E-state index in [1.807, 2.05) is 11.5 Å². The third kappa shape index (κ3) is 4.89. The van der Waals surface area contributed by atoms with E-state index in [9.17, 15) is 23.3 Å². The largest absolute Gasteiger partial charge is 0.316 e. The monoisotopic (exact) mass is 445 g/mol. The summed E-state index contributed by atoms with van der Waals surface area (Å²) in [6, 6.07) is 10.8. The number of benzene rings is 2. The fraction of sp³-hybridized carbons (Fsp3) is 0.200. The molecule has 0 aliphatic heterocycles. The fourth-order valence-electron chi connectivity index (χ4n) is 2.85. The SMILES string of the molecule is CCCn1c(=NC(=O)/C=C/c2cccc([N+](=O)[O-])c2)sc2cc(S(C)(=O)=O)ccc21. The van der Waals surface area contributed by atoms with E-state index in [-0.39, 0.29) is 10.6 Å². The Hall–Kier alpha value is -3.11. The van der Waals surface area contributed by atoms with Crippen molar-refractivity contribution in [2.24, 2.45) is 4.99 Å². The van der Waals surface area contributed by atoms with Crippen LogP contribution in [-0.4, -0.2) is 30.1 Å². The molecule has 30 heavy (non-hydrogen) atoms. The van der Waals surface area contributed by atoms with Crippen molar-refractivity contribution in [2.45, 2.75) is 24.8 Å². The standard InChI is InChI=1S/C20H19N3O5S2/c1-3-11-22-17-9-8-16(30(2,27)28)13-18(17)29-20(22)21-19(24)10-7-14-5-4-6-15(12-14)23(25)26/h4-10,12-13H,3,11H2,1-2H3/b10-7+,21-20?. The first kappa shape index (κ1) is 21.6. The quantitative estimate of drug-likeness (QED) is 0.327. The smallest absolute Gasteiger partial charge is 0.272 e. The van der Waals surface area contributed by atoms with Crippen LogP contribution in [0.25, 0.3) is 16.3 Å². The Morgan fingerprint density at radius 2 is 2.03 bits per heavy atom. The van der Waals surface area contributed by atoms with Crippen LogP contribution in [0.15, 0.2) is 58.4 Å². The number of hydrogen-bond donors (Lipinski definition) is 0. The fourth-order valence-corrected chi connectivity index (χ4v) is 4.67. The summed E-state index contributed by atoms with van der Waals surface area (Å²) in [7, 11) is -3.34. The maximum atomic E-state index is 12.4. The molecule has 0 saturated heterocycles. The van der Waals surface area contributed by atoms with Crippen molar-refractivity contribution in [3.05, 3.63) is 69.0 Å². The lowest BCUT2D eigenvalue weighted by atomic mass is 10.2. The molecule has 0 fully saturated rings. The lowest BCUT2D eigenvalue weighted by Gasteiger charge is -2.03. The minimum atomic E-state index is -3.34. The van der Waals surface area contributed by atoms with Crippen molar-refractivity contribution in [1.82, 2.24) is 4.57 Å². The van der Waals surface area contributed by atoms with Crippen molar-refractivity contribution < 1.29 is 18.1 Å². The number of hydrogen-bond acceptors (Lipinski definition) is 6. The van der Waals surface area contributed by atoms with E-state index in [2.05, 4.69) is 4.99 Å². The molecule has 0 radical (unpaired) electrons. The molecule has 0 bridgehead atoms. The minimum Gasteiger partial charge on any atom is -0.316 e. The Labute approximate surface area is 176 Å². The maximum absolute atomic E-state index is 12.4. The number of fused-ring (bicyclic) bond motifs is 1. The van der Waals surface area contributed by atoms with Gasteiger partial charge in [-0.15, -0.1) is 0 Å². The predicted molar refractivity (Wildman–Crippen MR) is 116 cm³/mol. The topological polar surface area (TPSA) is 112 Å². The highest BCUT2D eigenvalue weighted by atomic mass is 32.2. The lowest BCUT2D eigenvalue weighted by Crippen LogP contribution is -2.16. The van der Waals surface area contributed by atoms with Gasteiger partial charge in [-0.25, -0.2) is 8.42 Å². The highest BCUT2D eigenvalue weighted by Crippen LogP contribution is 2.22. The maximum Gasteiger partial charge on any atom is 0.272 e. The third-order valence-corrected chi connectivity index (χ3v) is 6.39. The Morgan fingerprint density at radius 1 is 1.27 bits per heavy atom.